The van der Waals surface area contributed by atoms with Crippen LogP contribution in [-0.4, -0.2) is 205 Å². The van der Waals surface area contributed by atoms with Crippen molar-refractivity contribution in [1.82, 2.24) is 60.8 Å². The Labute approximate surface area is 466 Å². The van der Waals surface area contributed by atoms with E-state index in [2.05, 4.69) is 41.2 Å². The zero-order chi connectivity index (χ0) is 58.2. The van der Waals surface area contributed by atoms with Gasteiger partial charge in [0.15, 0.2) is 0 Å². The Bertz CT molecular complexity index is 2990. The van der Waals surface area contributed by atoms with Gasteiger partial charge in [0.05, 0.1) is 39.0 Å². The number of rotatable bonds is 8. The average molecular weight is 1130 g/mol. The summed E-state index contributed by atoms with van der Waals surface area (Å²) < 4.78 is 10.6. The number of thioether (sulfide) groups is 2. The molecule has 0 radical (unpaired) electrons. The molecule has 26 heteroatoms. The number of hydrogen-bond donors (Lipinski definition) is 4. The van der Waals surface area contributed by atoms with Crippen LogP contribution in [0.1, 0.15) is 69.4 Å². The maximum atomic E-state index is 15.5. The van der Waals surface area contributed by atoms with Gasteiger partial charge >= 0.3 is 11.9 Å². The molecule has 2 fully saturated rings. The summed E-state index contributed by atoms with van der Waals surface area (Å²) in [6.45, 7) is 9.79. The maximum Gasteiger partial charge on any atom is 0.329 e. The van der Waals surface area contributed by atoms with E-state index in [4.69, 9.17) is 9.47 Å². The van der Waals surface area contributed by atoms with E-state index in [1.807, 2.05) is 13.8 Å². The molecule has 2 aliphatic heterocycles. The lowest BCUT2D eigenvalue weighted by atomic mass is 9.89. The largest absolute Gasteiger partial charge is 0.461 e. The molecule has 0 saturated carbocycles. The van der Waals surface area contributed by atoms with E-state index in [0.717, 1.165) is 43.1 Å². The van der Waals surface area contributed by atoms with Crippen molar-refractivity contribution in [2.75, 3.05) is 53.4 Å². The first-order valence-electron chi connectivity index (χ1n) is 25.6. The molecule has 0 spiro atoms. The molecule has 2 saturated heterocycles. The van der Waals surface area contributed by atoms with Gasteiger partial charge in [0.1, 0.15) is 72.9 Å². The van der Waals surface area contributed by atoms with Crippen LogP contribution in [0.5, 0.6) is 0 Å². The number of likely N-dealkylation sites (N-methyl/N-ethyl adjacent to an activating group) is 4. The number of amides is 8. The van der Waals surface area contributed by atoms with Gasteiger partial charge in [-0.2, -0.15) is 0 Å². The Morgan fingerprint density at radius 1 is 0.620 bits per heavy atom. The lowest BCUT2D eigenvalue weighted by molar-refractivity contribution is -0.161. The van der Waals surface area contributed by atoms with Crippen molar-refractivity contribution in [2.45, 2.75) is 101 Å². The fraction of sp³-hybridized carbons (Fsp3) is 0.509. The Balaban J connectivity index is 1.45. The smallest absolute Gasteiger partial charge is 0.329 e. The van der Waals surface area contributed by atoms with E-state index >= 15 is 9.59 Å². The number of hydrogen-bond acceptors (Lipinski definition) is 18. The normalized spacial score (nSPS) is 25.5. The Morgan fingerprint density at radius 2 is 1.05 bits per heavy atom. The third-order valence-electron chi connectivity index (χ3n) is 14.1. The van der Waals surface area contributed by atoms with Crippen LogP contribution in [0.25, 0.3) is 22.1 Å². The molecule has 4 heterocycles. The molecule has 79 heavy (non-hydrogen) atoms. The third-order valence-corrected chi connectivity index (χ3v) is 16.9. The highest BCUT2D eigenvalue weighted by atomic mass is 32.2. The van der Waals surface area contributed by atoms with Crippen LogP contribution in [0.4, 0.5) is 0 Å². The fourth-order valence-electron chi connectivity index (χ4n) is 9.09. The monoisotopic (exact) mass is 1130 g/mol. The van der Waals surface area contributed by atoms with E-state index in [1.165, 1.54) is 54.4 Å². The number of nitrogens with zero attached hydrogens (tertiary/aromatic N) is 8. The molecule has 10 atom stereocenters. The molecule has 2 aromatic carbocycles. The molecule has 0 aliphatic carbocycles. The standard InChI is InChI=1S/C53H68N12O12S2/c1-26(2)28(5)41-52(75)77-24-38(61-44(67)36-22-55-32-18-14-16-20-34(32)59-36)45(68)56-29(6)47(70)62(8)39-25-79-53(78-12)42(50(73)64(41)10)65(11)48(71)30(7)57-46(69)37(23-76-51(74)40(27(3)4)63(9)49(39)72)60-43(66)35-21-54-31-17-13-15-19-33(31)58-35/h13-22,26-30,37-42,53H,23-25H2,1-12H3,(H,56,68)(H,57,69)(H,60,66)(H,61,67). The molecule has 2 bridgehead atoms. The van der Waals surface area contributed by atoms with Gasteiger partial charge < -0.3 is 50.3 Å². The summed E-state index contributed by atoms with van der Waals surface area (Å²) in [6.07, 6.45) is 4.08. The van der Waals surface area contributed by atoms with Crippen molar-refractivity contribution < 1.29 is 57.4 Å². The number of carbonyl (C=O) groups excluding carboxylic acids is 10. The van der Waals surface area contributed by atoms with Gasteiger partial charge in [-0.25, -0.2) is 19.6 Å². The SMILES string of the molecule is CSC1SCC2C(=O)N(C)C(C(C)C)C(=O)OCC(NC(=O)c3cnc4ccccc4n3)C(=O)NC(C)C(=O)N(C)C1C(=O)N(C)C(C(C)C(C)C)C(=O)OCC(NC(=O)c1cnc3ccccc3n1)C(=O)NC(C)C(=O)N2C. The summed E-state index contributed by atoms with van der Waals surface area (Å²) in [5, 5.41) is 10.3. The van der Waals surface area contributed by atoms with Crippen molar-refractivity contribution in [3.05, 3.63) is 72.3 Å². The number of cyclic esters (lactones) is 2. The predicted octanol–water partition coefficient (Wildman–Crippen LogP) is 1.27. The molecular weight excluding hydrogens is 1060 g/mol. The zero-order valence-electron chi connectivity index (χ0n) is 46.1. The molecular formula is C53H68N12O12S2. The van der Waals surface area contributed by atoms with Gasteiger partial charge in [0.2, 0.25) is 35.4 Å². The summed E-state index contributed by atoms with van der Waals surface area (Å²) in [7, 11) is 5.37. The number of para-hydroxylation sites is 4. The second kappa shape index (κ2) is 26.4. The summed E-state index contributed by atoms with van der Waals surface area (Å²) in [5.41, 5.74) is 1.39. The van der Waals surface area contributed by atoms with Crippen LogP contribution in [0.3, 0.4) is 0 Å². The topological polar surface area (TPSA) is 302 Å². The van der Waals surface area contributed by atoms with Gasteiger partial charge in [0.25, 0.3) is 11.8 Å². The minimum Gasteiger partial charge on any atom is -0.461 e. The second-order valence-electron chi connectivity index (χ2n) is 20.2. The molecule has 10 unspecified atom stereocenters. The number of nitrogens with one attached hydrogen (secondary N) is 4. The van der Waals surface area contributed by atoms with Crippen molar-refractivity contribution in [2.24, 2.45) is 17.8 Å². The number of esters is 2. The number of fused-ring (bicyclic) bond motifs is 6. The predicted molar refractivity (Wildman–Crippen MR) is 294 cm³/mol. The van der Waals surface area contributed by atoms with Crippen LogP contribution in [0, 0.1) is 17.8 Å². The molecule has 2 aromatic heterocycles. The maximum absolute atomic E-state index is 15.5. The first kappa shape index (κ1) is 60.7. The molecule has 424 valence electrons. The Hall–Kier alpha value is -7.48. The van der Waals surface area contributed by atoms with Crippen molar-refractivity contribution in [1.29, 1.82) is 0 Å². The van der Waals surface area contributed by atoms with Gasteiger partial charge in [0, 0.05) is 33.9 Å². The Kier molecular flexibility index (Phi) is 20.3. The molecule has 8 amide bonds. The summed E-state index contributed by atoms with van der Waals surface area (Å²) in [6, 6.07) is 1.77. The molecule has 4 aromatic rings. The van der Waals surface area contributed by atoms with Crippen LogP contribution in [-0.2, 0) is 47.8 Å². The van der Waals surface area contributed by atoms with E-state index in [1.54, 1.807) is 75.6 Å². The molecule has 4 N–H and O–H groups in total. The average Bonchev–Trinajstić information content (AvgIpc) is 3.48. The highest BCUT2D eigenvalue weighted by molar-refractivity contribution is 8.16. The van der Waals surface area contributed by atoms with Crippen LogP contribution in [0.15, 0.2) is 60.9 Å². The van der Waals surface area contributed by atoms with Gasteiger partial charge in [-0.3, -0.25) is 48.3 Å². The van der Waals surface area contributed by atoms with Crippen molar-refractivity contribution in [3.63, 3.8) is 0 Å². The van der Waals surface area contributed by atoms with Crippen LogP contribution >= 0.6 is 23.5 Å². The Morgan fingerprint density at radius 3 is 1.49 bits per heavy atom. The third kappa shape index (κ3) is 14.0. The minimum absolute atomic E-state index is 0.180. The van der Waals surface area contributed by atoms with Gasteiger partial charge in [-0.05, 0) is 62.1 Å². The fourth-order valence-corrected chi connectivity index (χ4v) is 11.6. The summed E-state index contributed by atoms with van der Waals surface area (Å²) >= 11 is 2.17. The summed E-state index contributed by atoms with van der Waals surface area (Å²) in [5.74, 6) is -10.6. The first-order chi connectivity index (χ1) is 37.4. The molecule has 24 nitrogen and oxygen atoms in total. The van der Waals surface area contributed by atoms with Crippen LogP contribution < -0.4 is 21.3 Å². The van der Waals surface area contributed by atoms with Gasteiger partial charge in [-0.1, -0.05) is 58.9 Å². The van der Waals surface area contributed by atoms with Crippen molar-refractivity contribution >= 4 is 105 Å². The second-order valence-corrected chi connectivity index (χ2v) is 22.6. The minimum atomic E-state index is -1.66. The van der Waals surface area contributed by atoms with E-state index in [9.17, 15) is 38.4 Å². The number of aromatic nitrogens is 4. The quantitative estimate of drug-likeness (QED) is 0.181. The number of carbonyl (C=O) groups is 10. The van der Waals surface area contributed by atoms with Crippen molar-refractivity contribution in [3.8, 4) is 0 Å². The highest BCUT2D eigenvalue weighted by Crippen LogP contribution is 2.33. The van der Waals surface area contributed by atoms with Crippen LogP contribution in [0.2, 0.25) is 0 Å². The van der Waals surface area contributed by atoms with E-state index < -0.39 is 137 Å². The molecule has 2 aliphatic rings. The zero-order valence-corrected chi connectivity index (χ0v) is 47.7. The first-order valence-corrected chi connectivity index (χ1v) is 27.9. The highest BCUT2D eigenvalue weighted by Gasteiger charge is 2.46. The van der Waals surface area contributed by atoms with E-state index in [0.29, 0.717) is 22.1 Å². The summed E-state index contributed by atoms with van der Waals surface area (Å²) in [4.78, 5) is 167. The lowest BCUT2D eigenvalue weighted by Gasteiger charge is -2.40. The number of benzene rings is 2. The lowest BCUT2D eigenvalue weighted by Crippen LogP contribution is -2.61. The molecule has 6 rings (SSSR count). The number of ether oxygens (including phenoxy) is 2. The van der Waals surface area contributed by atoms with E-state index in [-0.39, 0.29) is 23.1 Å². The van der Waals surface area contributed by atoms with Gasteiger partial charge in [-0.15, -0.1) is 23.5 Å².